The topological polar surface area (TPSA) is 126 Å². The first-order valence-electron chi connectivity index (χ1n) is 12.9. The zero-order valence-electron chi connectivity index (χ0n) is 22.2. The van der Waals surface area contributed by atoms with E-state index in [1.54, 1.807) is 73.7 Å². The van der Waals surface area contributed by atoms with Crippen molar-refractivity contribution in [2.75, 3.05) is 30.6 Å². The highest BCUT2D eigenvalue weighted by Gasteiger charge is 2.28. The highest BCUT2D eigenvalue weighted by atomic mass is 32.2. The second-order valence-corrected chi connectivity index (χ2v) is 11.1. The molecule has 0 aliphatic carbocycles. The Bertz CT molecular complexity index is 1420. The van der Waals surface area contributed by atoms with E-state index >= 15 is 0 Å². The number of rotatable bonds is 12. The lowest BCUT2D eigenvalue weighted by Gasteiger charge is -2.25. The maximum Gasteiger partial charge on any atom is 0.264 e. The first-order chi connectivity index (χ1) is 19.3. The van der Waals surface area contributed by atoms with Crippen LogP contribution < -0.4 is 19.8 Å². The van der Waals surface area contributed by atoms with Gasteiger partial charge < -0.3 is 14.8 Å². The minimum absolute atomic E-state index is 0.0711. The monoisotopic (exact) mass is 564 g/mol. The summed E-state index contributed by atoms with van der Waals surface area (Å²) >= 11 is 0. The van der Waals surface area contributed by atoms with E-state index in [0.29, 0.717) is 29.1 Å². The summed E-state index contributed by atoms with van der Waals surface area (Å²) in [5, 5.41) is 6.77. The van der Waals surface area contributed by atoms with Crippen LogP contribution in [0.15, 0.2) is 88.9 Å². The second-order valence-electron chi connectivity index (χ2n) is 9.20. The minimum Gasteiger partial charge on any atom is -0.484 e. The van der Waals surface area contributed by atoms with Crippen molar-refractivity contribution in [2.24, 2.45) is 5.10 Å². The van der Waals surface area contributed by atoms with Crippen LogP contribution in [0.5, 0.6) is 5.75 Å². The molecule has 0 aromatic heterocycles. The van der Waals surface area contributed by atoms with Gasteiger partial charge in [0.15, 0.2) is 6.61 Å². The molecule has 1 aliphatic rings. The molecule has 10 nitrogen and oxygen atoms in total. The number of amides is 2. The van der Waals surface area contributed by atoms with Crippen molar-refractivity contribution in [3.05, 3.63) is 90.0 Å². The average molecular weight is 565 g/mol. The third kappa shape index (κ3) is 7.90. The number of aryl methyl sites for hydroxylation is 1. The van der Waals surface area contributed by atoms with Crippen LogP contribution in [0.2, 0.25) is 0 Å². The number of benzene rings is 3. The number of hydrogen-bond donors (Lipinski definition) is 2. The number of hydrazone groups is 1. The van der Waals surface area contributed by atoms with E-state index in [9.17, 15) is 18.0 Å². The van der Waals surface area contributed by atoms with Gasteiger partial charge in [0.05, 0.1) is 22.9 Å². The van der Waals surface area contributed by atoms with Crippen molar-refractivity contribution in [2.45, 2.75) is 30.8 Å². The lowest BCUT2D eigenvalue weighted by atomic mass is 10.2. The number of nitrogens with one attached hydrogen (secondary N) is 2. The molecule has 11 heteroatoms. The Morgan fingerprint density at radius 3 is 2.45 bits per heavy atom. The Balaban J connectivity index is 1.32. The summed E-state index contributed by atoms with van der Waals surface area (Å²) in [5.74, 6) is -0.320. The molecule has 4 rings (SSSR count). The number of nitrogens with zero attached hydrogens (tertiary/aromatic N) is 2. The Morgan fingerprint density at radius 1 is 1.02 bits per heavy atom. The molecule has 1 atom stereocenters. The van der Waals surface area contributed by atoms with E-state index < -0.39 is 22.5 Å². The van der Waals surface area contributed by atoms with Crippen LogP contribution >= 0.6 is 0 Å². The van der Waals surface area contributed by atoms with Crippen molar-refractivity contribution in [1.29, 1.82) is 0 Å². The van der Waals surface area contributed by atoms with Crippen LogP contribution in [0.1, 0.15) is 24.0 Å². The highest BCUT2D eigenvalue weighted by Crippen LogP contribution is 2.26. The number of anilines is 1. The molecule has 2 N–H and O–H groups in total. The molecule has 0 radical (unpaired) electrons. The third-order valence-electron chi connectivity index (χ3n) is 6.21. The molecule has 40 heavy (non-hydrogen) atoms. The normalized spacial score (nSPS) is 15.1. The quantitative estimate of drug-likeness (QED) is 0.257. The van der Waals surface area contributed by atoms with Crippen molar-refractivity contribution < 1.29 is 27.5 Å². The van der Waals surface area contributed by atoms with E-state index in [1.807, 2.05) is 0 Å². The van der Waals surface area contributed by atoms with Crippen LogP contribution in [-0.4, -0.2) is 58.9 Å². The smallest absolute Gasteiger partial charge is 0.264 e. The zero-order chi connectivity index (χ0) is 28.4. The summed E-state index contributed by atoms with van der Waals surface area (Å²) in [5.41, 5.74) is 4.18. The molecule has 1 unspecified atom stereocenters. The summed E-state index contributed by atoms with van der Waals surface area (Å²) in [7, 11) is -4.00. The van der Waals surface area contributed by atoms with Gasteiger partial charge in [0.2, 0.25) is 0 Å². The molecule has 1 aliphatic heterocycles. The fraction of sp³-hybridized carbons (Fsp3) is 0.276. The van der Waals surface area contributed by atoms with Crippen LogP contribution in [0, 0.1) is 6.92 Å². The predicted molar refractivity (Wildman–Crippen MR) is 152 cm³/mol. The number of para-hydroxylation sites is 1. The number of carbonyl (C=O) groups is 2. The molecule has 3 aromatic carbocycles. The molecule has 3 aromatic rings. The Kier molecular flexibility index (Phi) is 9.87. The van der Waals surface area contributed by atoms with E-state index in [2.05, 4.69) is 15.8 Å². The zero-order valence-corrected chi connectivity index (χ0v) is 23.0. The maximum absolute atomic E-state index is 13.4. The van der Waals surface area contributed by atoms with Crippen molar-refractivity contribution in [3.8, 4) is 5.75 Å². The van der Waals surface area contributed by atoms with Crippen molar-refractivity contribution in [3.63, 3.8) is 0 Å². The fourth-order valence-electron chi connectivity index (χ4n) is 4.09. The molecular formula is C29H32N4O6S. The largest absolute Gasteiger partial charge is 0.484 e. The van der Waals surface area contributed by atoms with Gasteiger partial charge >= 0.3 is 0 Å². The molecule has 1 saturated heterocycles. The molecule has 210 valence electrons. The summed E-state index contributed by atoms with van der Waals surface area (Å²) in [6.07, 6.45) is 3.46. The minimum atomic E-state index is -4.00. The number of sulfonamides is 1. The second kappa shape index (κ2) is 13.7. The first-order valence-corrected chi connectivity index (χ1v) is 14.3. The molecule has 2 amide bonds. The van der Waals surface area contributed by atoms with Gasteiger partial charge in [-0.3, -0.25) is 13.9 Å². The van der Waals surface area contributed by atoms with E-state index in [1.165, 1.54) is 18.3 Å². The average Bonchev–Trinajstić information content (AvgIpc) is 3.49. The fourth-order valence-corrected chi connectivity index (χ4v) is 5.60. The SMILES string of the molecule is Cc1ccccc1N(CC(=O)NN=Cc1ccc(OCC(=O)NCC2CCCO2)cc1)S(=O)(=O)c1ccccc1. The van der Waals surface area contributed by atoms with Gasteiger partial charge in [-0.25, -0.2) is 13.8 Å². The Morgan fingerprint density at radius 2 is 1.75 bits per heavy atom. The summed E-state index contributed by atoms with van der Waals surface area (Å²) < 4.78 is 38.9. The van der Waals surface area contributed by atoms with Gasteiger partial charge in [0.25, 0.3) is 21.8 Å². The van der Waals surface area contributed by atoms with Gasteiger partial charge in [-0.05, 0) is 73.4 Å². The summed E-state index contributed by atoms with van der Waals surface area (Å²) in [6.45, 7) is 2.42. The Labute approximate surface area is 234 Å². The van der Waals surface area contributed by atoms with Crippen LogP contribution in [0.3, 0.4) is 0 Å². The van der Waals surface area contributed by atoms with Crippen LogP contribution in [0.25, 0.3) is 0 Å². The van der Waals surface area contributed by atoms with Crippen molar-refractivity contribution >= 4 is 33.7 Å². The molecule has 0 bridgehead atoms. The molecule has 1 heterocycles. The molecule has 1 fully saturated rings. The first kappa shape index (κ1) is 28.8. The highest BCUT2D eigenvalue weighted by molar-refractivity contribution is 7.92. The maximum atomic E-state index is 13.4. The van der Waals surface area contributed by atoms with Gasteiger partial charge in [-0.2, -0.15) is 5.10 Å². The van der Waals surface area contributed by atoms with Crippen molar-refractivity contribution in [1.82, 2.24) is 10.7 Å². The van der Waals surface area contributed by atoms with Gasteiger partial charge in [0, 0.05) is 13.2 Å². The number of ether oxygens (including phenoxy) is 2. The molecule has 0 saturated carbocycles. The molecule has 0 spiro atoms. The van der Waals surface area contributed by atoms with E-state index in [0.717, 1.165) is 23.8 Å². The Hall–Kier alpha value is -4.22. The third-order valence-corrected chi connectivity index (χ3v) is 7.98. The van der Waals surface area contributed by atoms with E-state index in [-0.39, 0.29) is 23.5 Å². The van der Waals surface area contributed by atoms with Gasteiger partial charge in [-0.15, -0.1) is 0 Å². The van der Waals surface area contributed by atoms with Gasteiger partial charge in [-0.1, -0.05) is 36.4 Å². The standard InChI is InChI=1S/C29H32N4O6S/c1-22-8-5-6-12-27(22)33(40(36,37)26-10-3-2-4-11-26)20-28(34)32-31-18-23-13-15-24(16-14-23)39-21-29(35)30-19-25-9-7-17-38-25/h2-6,8,10-16,18,25H,7,9,17,19-21H2,1H3,(H,30,35)(H,32,34). The summed E-state index contributed by atoms with van der Waals surface area (Å²) in [4.78, 5) is 24.8. The summed E-state index contributed by atoms with van der Waals surface area (Å²) in [6, 6.07) is 21.7. The van der Waals surface area contributed by atoms with Crippen LogP contribution in [-0.2, 0) is 24.3 Å². The predicted octanol–water partition coefficient (Wildman–Crippen LogP) is 3.01. The lowest BCUT2D eigenvalue weighted by Crippen LogP contribution is -2.40. The van der Waals surface area contributed by atoms with Gasteiger partial charge in [0.1, 0.15) is 12.3 Å². The molecular weight excluding hydrogens is 532 g/mol. The number of carbonyl (C=O) groups excluding carboxylic acids is 2. The van der Waals surface area contributed by atoms with E-state index in [4.69, 9.17) is 9.47 Å². The van der Waals surface area contributed by atoms with Crippen LogP contribution in [0.4, 0.5) is 5.69 Å². The number of hydrogen-bond acceptors (Lipinski definition) is 7. The lowest BCUT2D eigenvalue weighted by molar-refractivity contribution is -0.123.